The highest BCUT2D eigenvalue weighted by Crippen LogP contribution is 2.43. The monoisotopic (exact) mass is 254 g/mol. The summed E-state index contributed by atoms with van der Waals surface area (Å²) in [6, 6.07) is 0.861. The van der Waals surface area contributed by atoms with Gasteiger partial charge >= 0.3 is 0 Å². The third-order valence-electron chi connectivity index (χ3n) is 3.82. The molecular weight excluding hydrogens is 232 g/mol. The molecule has 1 aromatic heterocycles. The number of hydrogen-bond acceptors (Lipinski definition) is 4. The van der Waals surface area contributed by atoms with E-state index in [0.29, 0.717) is 18.2 Å². The third kappa shape index (κ3) is 2.54. The number of nitrogens with zero attached hydrogens (tertiary/aromatic N) is 1. The van der Waals surface area contributed by atoms with Gasteiger partial charge in [0.25, 0.3) is 0 Å². The fourth-order valence-electron chi connectivity index (χ4n) is 2.47. The van der Waals surface area contributed by atoms with Crippen molar-refractivity contribution in [2.24, 2.45) is 5.41 Å². The molecule has 1 aliphatic rings. The molecule has 0 spiro atoms. The third-order valence-corrected chi connectivity index (χ3v) is 4.78. The van der Waals surface area contributed by atoms with Gasteiger partial charge < -0.3 is 10.1 Å². The Balaban J connectivity index is 1.89. The quantitative estimate of drug-likeness (QED) is 0.877. The Hall–Kier alpha value is -0.450. The van der Waals surface area contributed by atoms with Crippen LogP contribution in [0.25, 0.3) is 0 Å². The number of hydrogen-bond donors (Lipinski definition) is 1. The maximum atomic E-state index is 5.74. The highest BCUT2D eigenvalue weighted by atomic mass is 32.1. The van der Waals surface area contributed by atoms with E-state index in [1.54, 1.807) is 11.3 Å². The lowest BCUT2D eigenvalue weighted by Crippen LogP contribution is -2.61. The lowest BCUT2D eigenvalue weighted by atomic mass is 9.64. The highest BCUT2D eigenvalue weighted by molar-refractivity contribution is 7.09. The van der Waals surface area contributed by atoms with Crippen LogP contribution in [0.1, 0.15) is 45.2 Å². The molecule has 2 rings (SSSR count). The smallest absolute Gasteiger partial charge is 0.109 e. The normalized spacial score (nSPS) is 28.7. The Kier molecular flexibility index (Phi) is 3.85. The summed E-state index contributed by atoms with van der Waals surface area (Å²) in [6.45, 7) is 9.62. The molecule has 3 unspecified atom stereocenters. The van der Waals surface area contributed by atoms with Gasteiger partial charge in [-0.05, 0) is 20.3 Å². The Morgan fingerprint density at radius 2 is 2.41 bits per heavy atom. The van der Waals surface area contributed by atoms with Crippen LogP contribution in [0.5, 0.6) is 0 Å². The predicted octanol–water partition coefficient (Wildman–Crippen LogP) is 3.00. The van der Waals surface area contributed by atoms with Crippen LogP contribution in [0.3, 0.4) is 0 Å². The van der Waals surface area contributed by atoms with Crippen molar-refractivity contribution in [3.8, 4) is 0 Å². The van der Waals surface area contributed by atoms with Crippen molar-refractivity contribution in [3.63, 3.8) is 0 Å². The minimum Gasteiger partial charge on any atom is -0.378 e. The Morgan fingerprint density at radius 3 is 2.94 bits per heavy atom. The summed E-state index contributed by atoms with van der Waals surface area (Å²) in [4.78, 5) is 4.36. The molecule has 0 aromatic carbocycles. The zero-order valence-electron chi connectivity index (χ0n) is 11.1. The van der Waals surface area contributed by atoms with Crippen molar-refractivity contribution in [1.82, 2.24) is 10.3 Å². The van der Waals surface area contributed by atoms with E-state index in [4.69, 9.17) is 4.74 Å². The molecule has 1 fully saturated rings. The van der Waals surface area contributed by atoms with Crippen LogP contribution < -0.4 is 5.32 Å². The van der Waals surface area contributed by atoms with Crippen molar-refractivity contribution in [2.75, 3.05) is 6.61 Å². The van der Waals surface area contributed by atoms with E-state index in [1.807, 2.05) is 11.6 Å². The Bertz CT molecular complexity index is 350. The molecule has 0 radical (unpaired) electrons. The van der Waals surface area contributed by atoms with Crippen molar-refractivity contribution < 1.29 is 4.74 Å². The predicted molar refractivity (Wildman–Crippen MR) is 71.3 cm³/mol. The van der Waals surface area contributed by atoms with Crippen molar-refractivity contribution in [3.05, 3.63) is 16.6 Å². The molecule has 1 aromatic rings. The molecular formula is C13H22N2OS. The molecule has 1 saturated carbocycles. The first kappa shape index (κ1) is 13.0. The second-order valence-corrected chi connectivity index (χ2v) is 6.24. The van der Waals surface area contributed by atoms with E-state index in [0.717, 1.165) is 13.0 Å². The summed E-state index contributed by atoms with van der Waals surface area (Å²) >= 11 is 1.71. The van der Waals surface area contributed by atoms with E-state index in [1.165, 1.54) is 5.01 Å². The molecule has 1 N–H and O–H groups in total. The highest BCUT2D eigenvalue weighted by Gasteiger charge is 2.49. The van der Waals surface area contributed by atoms with Crippen LogP contribution in [-0.2, 0) is 4.74 Å². The maximum absolute atomic E-state index is 5.74. The van der Waals surface area contributed by atoms with E-state index < -0.39 is 0 Å². The molecule has 0 saturated heterocycles. The lowest BCUT2D eigenvalue weighted by molar-refractivity contribution is -0.116. The van der Waals surface area contributed by atoms with Gasteiger partial charge in [0, 0.05) is 29.6 Å². The number of rotatable bonds is 5. The molecule has 3 atom stereocenters. The van der Waals surface area contributed by atoms with Gasteiger partial charge in [-0.3, -0.25) is 0 Å². The average molecular weight is 254 g/mol. The van der Waals surface area contributed by atoms with Gasteiger partial charge in [-0.1, -0.05) is 13.8 Å². The van der Waals surface area contributed by atoms with Gasteiger partial charge in [-0.15, -0.1) is 11.3 Å². The molecule has 17 heavy (non-hydrogen) atoms. The van der Waals surface area contributed by atoms with E-state index in [-0.39, 0.29) is 5.41 Å². The minimum atomic E-state index is 0.224. The van der Waals surface area contributed by atoms with Crippen molar-refractivity contribution in [2.45, 2.75) is 52.3 Å². The molecule has 96 valence electrons. The van der Waals surface area contributed by atoms with Gasteiger partial charge in [-0.2, -0.15) is 0 Å². The van der Waals surface area contributed by atoms with Gasteiger partial charge in [0.15, 0.2) is 0 Å². The van der Waals surface area contributed by atoms with Crippen molar-refractivity contribution >= 4 is 11.3 Å². The summed E-state index contributed by atoms with van der Waals surface area (Å²) < 4.78 is 5.74. The van der Waals surface area contributed by atoms with E-state index >= 15 is 0 Å². The summed E-state index contributed by atoms with van der Waals surface area (Å²) in [5, 5.41) is 6.86. The van der Waals surface area contributed by atoms with Crippen LogP contribution in [0.15, 0.2) is 11.6 Å². The molecule has 0 amide bonds. The largest absolute Gasteiger partial charge is 0.378 e. The summed E-state index contributed by atoms with van der Waals surface area (Å²) in [6.07, 6.45) is 3.37. The molecule has 3 nitrogen and oxygen atoms in total. The second kappa shape index (κ2) is 5.04. The zero-order chi connectivity index (χ0) is 12.5. The number of nitrogens with one attached hydrogen (secondary N) is 1. The molecule has 0 aliphatic heterocycles. The Morgan fingerprint density at radius 1 is 1.65 bits per heavy atom. The summed E-state index contributed by atoms with van der Waals surface area (Å²) in [5.41, 5.74) is 0.224. The molecule has 4 heteroatoms. The lowest BCUT2D eigenvalue weighted by Gasteiger charge is -2.52. The minimum absolute atomic E-state index is 0.224. The van der Waals surface area contributed by atoms with Gasteiger partial charge in [-0.25, -0.2) is 4.98 Å². The fourth-order valence-corrected chi connectivity index (χ4v) is 3.13. The summed E-state index contributed by atoms with van der Waals surface area (Å²) in [7, 11) is 0. The summed E-state index contributed by atoms with van der Waals surface area (Å²) in [5.74, 6) is 0. The van der Waals surface area contributed by atoms with E-state index in [9.17, 15) is 0 Å². The van der Waals surface area contributed by atoms with Gasteiger partial charge in [0.2, 0.25) is 0 Å². The molecule has 0 bridgehead atoms. The molecule has 1 aliphatic carbocycles. The Labute approximate surface area is 108 Å². The number of thiazole rings is 1. The van der Waals surface area contributed by atoms with Crippen molar-refractivity contribution in [1.29, 1.82) is 0 Å². The topological polar surface area (TPSA) is 34.1 Å². The van der Waals surface area contributed by atoms with Crippen LogP contribution in [0.4, 0.5) is 0 Å². The molecule has 1 heterocycles. The SMILES string of the molecule is CCOC1CC(NC(C)c2nccs2)C1(C)C. The van der Waals surface area contributed by atoms with Crippen LogP contribution in [0.2, 0.25) is 0 Å². The van der Waals surface area contributed by atoms with E-state index in [2.05, 4.69) is 38.0 Å². The van der Waals surface area contributed by atoms with Crippen LogP contribution in [-0.4, -0.2) is 23.7 Å². The first-order chi connectivity index (χ1) is 8.05. The van der Waals surface area contributed by atoms with Crippen LogP contribution >= 0.6 is 11.3 Å². The standard InChI is InChI=1S/C13H22N2OS/c1-5-16-11-8-10(13(11,3)4)15-9(2)12-14-6-7-17-12/h6-7,9-11,15H,5,8H2,1-4H3. The second-order valence-electron chi connectivity index (χ2n) is 5.31. The first-order valence-corrected chi connectivity index (χ1v) is 7.20. The fraction of sp³-hybridized carbons (Fsp3) is 0.769. The number of ether oxygens (including phenoxy) is 1. The first-order valence-electron chi connectivity index (χ1n) is 6.32. The van der Waals surface area contributed by atoms with Gasteiger partial charge in [0.05, 0.1) is 12.1 Å². The number of aromatic nitrogens is 1. The zero-order valence-corrected chi connectivity index (χ0v) is 11.9. The van der Waals surface area contributed by atoms with Crippen LogP contribution in [0, 0.1) is 5.41 Å². The van der Waals surface area contributed by atoms with Gasteiger partial charge in [0.1, 0.15) is 5.01 Å². The average Bonchev–Trinajstić information content (AvgIpc) is 2.81. The maximum Gasteiger partial charge on any atom is 0.109 e.